The molecule has 0 aromatic heterocycles. The highest BCUT2D eigenvalue weighted by Gasteiger charge is 2.21. The van der Waals surface area contributed by atoms with Crippen molar-refractivity contribution >= 4 is 27.3 Å². The van der Waals surface area contributed by atoms with Crippen LogP contribution >= 0.6 is 0 Å². The van der Waals surface area contributed by atoms with Crippen molar-refractivity contribution in [3.05, 3.63) is 59.7 Å². The van der Waals surface area contributed by atoms with Crippen LogP contribution < -0.4 is 9.62 Å². The summed E-state index contributed by atoms with van der Waals surface area (Å²) in [6.07, 6.45) is 0.886. The molecule has 2 aromatic carbocycles. The SMILES string of the molecule is CS(=O)(=O)N(CCC(=O)Nc1ccccc1C#N)c1ccccc1C#N. The second kappa shape index (κ2) is 8.15. The van der Waals surface area contributed by atoms with E-state index in [1.54, 1.807) is 36.4 Å². The minimum absolute atomic E-state index is 0.127. The van der Waals surface area contributed by atoms with Crippen LogP contribution in [0.1, 0.15) is 17.5 Å². The summed E-state index contributed by atoms with van der Waals surface area (Å²) in [5.41, 5.74) is 1.11. The highest BCUT2D eigenvalue weighted by atomic mass is 32.2. The third kappa shape index (κ3) is 4.59. The van der Waals surface area contributed by atoms with Gasteiger partial charge < -0.3 is 5.32 Å². The minimum Gasteiger partial charge on any atom is -0.325 e. The topological polar surface area (TPSA) is 114 Å². The Hall–Kier alpha value is -3.36. The van der Waals surface area contributed by atoms with Gasteiger partial charge in [0.2, 0.25) is 15.9 Å². The summed E-state index contributed by atoms with van der Waals surface area (Å²) in [6, 6.07) is 16.7. The van der Waals surface area contributed by atoms with Gasteiger partial charge in [-0.15, -0.1) is 0 Å². The molecule has 0 aliphatic rings. The van der Waals surface area contributed by atoms with Crippen LogP contribution in [0.15, 0.2) is 48.5 Å². The zero-order valence-electron chi connectivity index (χ0n) is 14.0. The maximum atomic E-state index is 12.2. The first kappa shape index (κ1) is 19.0. The molecule has 2 rings (SSSR count). The van der Waals surface area contributed by atoms with Crippen LogP contribution in [0.25, 0.3) is 0 Å². The summed E-state index contributed by atoms with van der Waals surface area (Å²) < 4.78 is 25.3. The van der Waals surface area contributed by atoms with Gasteiger partial charge >= 0.3 is 0 Å². The number of anilines is 2. The number of para-hydroxylation sites is 2. The summed E-state index contributed by atoms with van der Waals surface area (Å²) >= 11 is 0. The molecule has 0 fully saturated rings. The van der Waals surface area contributed by atoms with Crippen LogP contribution in [0.5, 0.6) is 0 Å². The summed E-state index contributed by atoms with van der Waals surface area (Å²) in [5, 5.41) is 20.8. The molecule has 8 heteroatoms. The summed E-state index contributed by atoms with van der Waals surface area (Å²) in [5.74, 6) is -0.434. The Labute approximate surface area is 152 Å². The summed E-state index contributed by atoms with van der Waals surface area (Å²) in [4.78, 5) is 12.2. The van der Waals surface area contributed by atoms with Crippen LogP contribution in [0.3, 0.4) is 0 Å². The third-order valence-corrected chi connectivity index (χ3v) is 4.74. The van der Waals surface area contributed by atoms with E-state index in [2.05, 4.69) is 5.32 Å². The van der Waals surface area contributed by atoms with E-state index < -0.39 is 15.9 Å². The number of carbonyl (C=O) groups excluding carboxylic acids is 1. The van der Waals surface area contributed by atoms with Crippen LogP contribution in [0, 0.1) is 22.7 Å². The Balaban J connectivity index is 2.17. The number of carbonyl (C=O) groups is 1. The number of sulfonamides is 1. The van der Waals surface area contributed by atoms with Crippen LogP contribution in [-0.4, -0.2) is 27.1 Å². The molecule has 1 amide bonds. The van der Waals surface area contributed by atoms with E-state index in [1.807, 2.05) is 12.1 Å². The average Bonchev–Trinajstić information content (AvgIpc) is 2.61. The van der Waals surface area contributed by atoms with Gasteiger partial charge in [-0.2, -0.15) is 10.5 Å². The fourth-order valence-electron chi connectivity index (χ4n) is 2.36. The maximum absolute atomic E-state index is 12.2. The van der Waals surface area contributed by atoms with Crippen molar-refractivity contribution in [2.24, 2.45) is 0 Å². The van der Waals surface area contributed by atoms with Gasteiger partial charge in [-0.3, -0.25) is 9.10 Å². The maximum Gasteiger partial charge on any atom is 0.232 e. The highest BCUT2D eigenvalue weighted by molar-refractivity contribution is 7.92. The number of nitrogens with zero attached hydrogens (tertiary/aromatic N) is 3. The molecular weight excluding hydrogens is 352 g/mol. The van der Waals surface area contributed by atoms with Gasteiger partial charge in [0.15, 0.2) is 0 Å². The van der Waals surface area contributed by atoms with Crippen molar-refractivity contribution in [2.45, 2.75) is 6.42 Å². The van der Waals surface area contributed by atoms with Gasteiger partial charge in [-0.25, -0.2) is 8.42 Å². The van der Waals surface area contributed by atoms with Crippen LogP contribution in [-0.2, 0) is 14.8 Å². The largest absolute Gasteiger partial charge is 0.325 e. The number of amides is 1. The highest BCUT2D eigenvalue weighted by Crippen LogP contribution is 2.22. The molecule has 132 valence electrons. The van der Waals surface area contributed by atoms with Crippen LogP contribution in [0.4, 0.5) is 11.4 Å². The lowest BCUT2D eigenvalue weighted by atomic mass is 10.2. The number of hydrogen-bond acceptors (Lipinski definition) is 5. The van der Waals surface area contributed by atoms with Crippen molar-refractivity contribution in [1.82, 2.24) is 0 Å². The van der Waals surface area contributed by atoms with Crippen molar-refractivity contribution < 1.29 is 13.2 Å². The van der Waals surface area contributed by atoms with E-state index in [4.69, 9.17) is 5.26 Å². The predicted molar refractivity (Wildman–Crippen MR) is 97.8 cm³/mol. The Morgan fingerprint density at radius 1 is 1.04 bits per heavy atom. The molecule has 0 bridgehead atoms. The van der Waals surface area contributed by atoms with E-state index in [1.165, 1.54) is 12.1 Å². The number of rotatable bonds is 6. The van der Waals surface area contributed by atoms with E-state index in [9.17, 15) is 18.5 Å². The molecule has 7 nitrogen and oxygen atoms in total. The minimum atomic E-state index is -3.68. The summed E-state index contributed by atoms with van der Waals surface area (Å²) in [6.45, 7) is -0.127. The fourth-order valence-corrected chi connectivity index (χ4v) is 3.30. The zero-order chi connectivity index (χ0) is 19.2. The Morgan fingerprint density at radius 2 is 1.62 bits per heavy atom. The van der Waals surface area contributed by atoms with Gasteiger partial charge in [-0.1, -0.05) is 24.3 Å². The monoisotopic (exact) mass is 368 g/mol. The standard InChI is InChI=1S/C18H16N4O3S/c1-26(24,25)22(17-9-5-3-7-15(17)13-20)11-10-18(23)21-16-8-4-2-6-14(16)12-19/h2-9H,10-11H2,1H3,(H,21,23). The number of nitrogens with one attached hydrogen (secondary N) is 1. The second-order valence-corrected chi connectivity index (χ2v) is 7.33. The molecule has 26 heavy (non-hydrogen) atoms. The van der Waals surface area contributed by atoms with Crippen molar-refractivity contribution in [1.29, 1.82) is 10.5 Å². The number of nitriles is 2. The van der Waals surface area contributed by atoms with Crippen molar-refractivity contribution in [2.75, 3.05) is 22.4 Å². The molecule has 0 unspecified atom stereocenters. The lowest BCUT2D eigenvalue weighted by Crippen LogP contribution is -2.33. The summed E-state index contributed by atoms with van der Waals surface area (Å²) in [7, 11) is -3.68. The third-order valence-electron chi connectivity index (χ3n) is 3.56. The quantitative estimate of drug-likeness (QED) is 0.840. The Morgan fingerprint density at radius 3 is 2.23 bits per heavy atom. The van der Waals surface area contributed by atoms with E-state index in [0.29, 0.717) is 11.3 Å². The van der Waals surface area contributed by atoms with E-state index in [0.717, 1.165) is 10.6 Å². The normalized spacial score (nSPS) is 10.4. The molecule has 0 aliphatic carbocycles. The fraction of sp³-hybridized carbons (Fsp3) is 0.167. The Kier molecular flexibility index (Phi) is 5.94. The van der Waals surface area contributed by atoms with E-state index >= 15 is 0 Å². The Bertz CT molecular complexity index is 1000. The zero-order valence-corrected chi connectivity index (χ0v) is 14.8. The smallest absolute Gasteiger partial charge is 0.232 e. The molecule has 0 saturated carbocycles. The van der Waals surface area contributed by atoms with Crippen LogP contribution in [0.2, 0.25) is 0 Å². The van der Waals surface area contributed by atoms with Crippen molar-refractivity contribution in [3.63, 3.8) is 0 Å². The molecule has 0 atom stereocenters. The van der Waals surface area contributed by atoms with Gasteiger partial charge in [0.05, 0.1) is 28.8 Å². The lowest BCUT2D eigenvalue weighted by molar-refractivity contribution is -0.116. The molecule has 0 aliphatic heterocycles. The van der Waals surface area contributed by atoms with E-state index in [-0.39, 0.29) is 24.2 Å². The number of hydrogen-bond donors (Lipinski definition) is 1. The first-order valence-corrected chi connectivity index (χ1v) is 9.47. The first-order valence-electron chi connectivity index (χ1n) is 7.62. The van der Waals surface area contributed by atoms with Gasteiger partial charge in [0, 0.05) is 13.0 Å². The average molecular weight is 368 g/mol. The first-order chi connectivity index (χ1) is 12.4. The van der Waals surface area contributed by atoms with Gasteiger partial charge in [0.1, 0.15) is 12.1 Å². The van der Waals surface area contributed by atoms with Gasteiger partial charge in [-0.05, 0) is 24.3 Å². The molecular formula is C18H16N4O3S. The number of benzene rings is 2. The molecule has 1 N–H and O–H groups in total. The molecule has 0 heterocycles. The molecule has 0 saturated heterocycles. The molecule has 0 spiro atoms. The van der Waals surface area contributed by atoms with Crippen molar-refractivity contribution in [3.8, 4) is 12.1 Å². The predicted octanol–water partition coefficient (Wildman–Crippen LogP) is 2.22. The molecule has 2 aromatic rings. The second-order valence-electron chi connectivity index (χ2n) is 5.42. The van der Waals surface area contributed by atoms with Gasteiger partial charge in [0.25, 0.3) is 0 Å². The lowest BCUT2D eigenvalue weighted by Gasteiger charge is -2.23. The molecule has 0 radical (unpaired) electrons.